The minimum Gasteiger partial charge on any atom is -0.465 e. The number of carbonyl (C=O) groups is 1. The van der Waals surface area contributed by atoms with Crippen molar-refractivity contribution in [1.29, 1.82) is 0 Å². The van der Waals surface area contributed by atoms with E-state index in [0.29, 0.717) is 0 Å². The van der Waals surface area contributed by atoms with Crippen molar-refractivity contribution in [3.8, 4) is 0 Å². The van der Waals surface area contributed by atoms with Crippen LogP contribution in [-0.4, -0.2) is 24.0 Å². The van der Waals surface area contributed by atoms with E-state index in [0.717, 1.165) is 19.2 Å². The number of hydrogen-bond acceptors (Lipinski definition) is 5. The molecule has 7 heteroatoms. The Morgan fingerprint density at radius 3 is 2.56 bits per heavy atom. The maximum Gasteiger partial charge on any atom is 0.340 e. The van der Waals surface area contributed by atoms with Crippen LogP contribution in [0.1, 0.15) is 24.2 Å². The third-order valence-electron chi connectivity index (χ3n) is 2.15. The SMILES string of the molecule is COC(=O)c1ccc([N+](=O)[O-])c(NC(C)C)c1F. The summed E-state index contributed by atoms with van der Waals surface area (Å²) in [6.07, 6.45) is 0. The number of methoxy groups -OCH3 is 1. The van der Waals surface area contributed by atoms with Crippen LogP contribution in [0.2, 0.25) is 0 Å². The van der Waals surface area contributed by atoms with Crippen LogP contribution in [-0.2, 0) is 4.74 Å². The molecule has 0 aromatic heterocycles. The van der Waals surface area contributed by atoms with Gasteiger partial charge in [0.05, 0.1) is 17.6 Å². The van der Waals surface area contributed by atoms with E-state index in [1.165, 1.54) is 0 Å². The number of nitrogens with one attached hydrogen (secondary N) is 1. The van der Waals surface area contributed by atoms with Gasteiger partial charge in [-0.2, -0.15) is 0 Å². The Hall–Kier alpha value is -2.18. The minimum atomic E-state index is -0.982. The number of benzene rings is 1. The van der Waals surface area contributed by atoms with E-state index in [-0.39, 0.29) is 17.3 Å². The quantitative estimate of drug-likeness (QED) is 0.508. The highest BCUT2D eigenvalue weighted by Gasteiger charge is 2.25. The minimum absolute atomic E-state index is 0.217. The predicted octanol–water partition coefficient (Wildman–Crippen LogP) is 2.34. The Balaban J connectivity index is 3.39. The van der Waals surface area contributed by atoms with Gasteiger partial charge >= 0.3 is 5.97 Å². The summed E-state index contributed by atoms with van der Waals surface area (Å²) in [5.41, 5.74) is -1.07. The number of halogens is 1. The Bertz CT molecular complexity index is 488. The van der Waals surface area contributed by atoms with Crippen LogP contribution in [0, 0.1) is 15.9 Å². The fourth-order valence-corrected chi connectivity index (χ4v) is 1.41. The van der Waals surface area contributed by atoms with Crippen LogP contribution < -0.4 is 5.32 Å². The second-order valence-corrected chi connectivity index (χ2v) is 3.87. The summed E-state index contributed by atoms with van der Waals surface area (Å²) in [6, 6.07) is 1.89. The van der Waals surface area contributed by atoms with E-state index < -0.39 is 22.4 Å². The molecule has 1 N–H and O–H groups in total. The van der Waals surface area contributed by atoms with Crippen LogP contribution in [0.4, 0.5) is 15.8 Å². The lowest BCUT2D eigenvalue weighted by atomic mass is 10.1. The van der Waals surface area contributed by atoms with Gasteiger partial charge in [-0.1, -0.05) is 0 Å². The van der Waals surface area contributed by atoms with Crippen molar-refractivity contribution in [2.75, 3.05) is 12.4 Å². The average Bonchev–Trinajstić information content (AvgIpc) is 2.29. The number of carbonyl (C=O) groups excluding carboxylic acids is 1. The van der Waals surface area contributed by atoms with Gasteiger partial charge in [0.25, 0.3) is 5.69 Å². The summed E-state index contributed by atoms with van der Waals surface area (Å²) in [4.78, 5) is 21.4. The molecule has 1 aromatic carbocycles. The Labute approximate surface area is 103 Å². The third-order valence-corrected chi connectivity index (χ3v) is 2.15. The number of nitrogens with zero attached hydrogens (tertiary/aromatic N) is 1. The van der Waals surface area contributed by atoms with Crippen molar-refractivity contribution in [3.05, 3.63) is 33.6 Å². The van der Waals surface area contributed by atoms with E-state index in [9.17, 15) is 19.3 Å². The number of hydrogen-bond donors (Lipinski definition) is 1. The van der Waals surface area contributed by atoms with Gasteiger partial charge < -0.3 is 10.1 Å². The van der Waals surface area contributed by atoms with E-state index in [1.807, 2.05) is 0 Å². The van der Waals surface area contributed by atoms with Crippen molar-refractivity contribution in [1.82, 2.24) is 0 Å². The van der Waals surface area contributed by atoms with Gasteiger partial charge in [0, 0.05) is 12.1 Å². The highest BCUT2D eigenvalue weighted by Crippen LogP contribution is 2.30. The molecule has 0 unspecified atom stereocenters. The second kappa shape index (κ2) is 5.44. The molecule has 18 heavy (non-hydrogen) atoms. The molecule has 0 aliphatic carbocycles. The van der Waals surface area contributed by atoms with Crippen molar-refractivity contribution in [2.24, 2.45) is 0 Å². The molecular formula is C11H13FN2O4. The highest BCUT2D eigenvalue weighted by atomic mass is 19.1. The van der Waals surface area contributed by atoms with Gasteiger partial charge in [0.15, 0.2) is 11.5 Å². The van der Waals surface area contributed by atoms with E-state index in [2.05, 4.69) is 10.1 Å². The monoisotopic (exact) mass is 256 g/mol. The lowest BCUT2D eigenvalue weighted by Gasteiger charge is -2.12. The van der Waals surface area contributed by atoms with Gasteiger partial charge in [0.2, 0.25) is 0 Å². The lowest BCUT2D eigenvalue weighted by molar-refractivity contribution is -0.384. The Morgan fingerprint density at radius 2 is 2.11 bits per heavy atom. The molecule has 0 radical (unpaired) electrons. The van der Waals surface area contributed by atoms with Crippen molar-refractivity contribution >= 4 is 17.3 Å². The molecule has 0 saturated heterocycles. The molecule has 0 fully saturated rings. The maximum atomic E-state index is 14.0. The van der Waals surface area contributed by atoms with Crippen molar-refractivity contribution in [3.63, 3.8) is 0 Å². The van der Waals surface area contributed by atoms with Gasteiger partial charge in [-0.05, 0) is 19.9 Å². The molecule has 0 aliphatic rings. The van der Waals surface area contributed by atoms with Crippen molar-refractivity contribution < 1.29 is 18.8 Å². The zero-order chi connectivity index (χ0) is 13.9. The highest BCUT2D eigenvalue weighted by molar-refractivity contribution is 5.92. The third kappa shape index (κ3) is 2.73. The molecule has 98 valence electrons. The molecule has 0 heterocycles. The molecule has 0 saturated carbocycles. The first kappa shape index (κ1) is 13.9. The Kier molecular flexibility index (Phi) is 4.19. The molecule has 0 bridgehead atoms. The number of nitro benzene ring substituents is 1. The van der Waals surface area contributed by atoms with Crippen LogP contribution >= 0.6 is 0 Å². The smallest absolute Gasteiger partial charge is 0.340 e. The summed E-state index contributed by atoms with van der Waals surface area (Å²) >= 11 is 0. The molecule has 6 nitrogen and oxygen atoms in total. The molecule has 0 aliphatic heterocycles. The molecule has 0 atom stereocenters. The molecule has 1 aromatic rings. The number of nitro groups is 1. The first-order chi connectivity index (χ1) is 8.38. The van der Waals surface area contributed by atoms with E-state index in [1.54, 1.807) is 13.8 Å². The summed E-state index contributed by atoms with van der Waals surface area (Å²) in [5, 5.41) is 13.4. The van der Waals surface area contributed by atoms with Gasteiger partial charge in [-0.3, -0.25) is 10.1 Å². The van der Waals surface area contributed by atoms with Gasteiger partial charge in [-0.25, -0.2) is 9.18 Å². The fourth-order valence-electron chi connectivity index (χ4n) is 1.41. The summed E-state index contributed by atoms with van der Waals surface area (Å²) in [7, 11) is 1.11. The molecule has 1 rings (SSSR count). The zero-order valence-corrected chi connectivity index (χ0v) is 10.2. The lowest BCUT2D eigenvalue weighted by Crippen LogP contribution is -2.15. The second-order valence-electron chi connectivity index (χ2n) is 3.87. The average molecular weight is 256 g/mol. The van der Waals surface area contributed by atoms with Crippen molar-refractivity contribution in [2.45, 2.75) is 19.9 Å². The van der Waals surface area contributed by atoms with E-state index in [4.69, 9.17) is 0 Å². The maximum absolute atomic E-state index is 14.0. The summed E-state index contributed by atoms with van der Waals surface area (Å²) in [6.45, 7) is 3.40. The Morgan fingerprint density at radius 1 is 1.50 bits per heavy atom. The largest absolute Gasteiger partial charge is 0.465 e. The van der Waals surface area contributed by atoms with Gasteiger partial charge in [0.1, 0.15) is 0 Å². The van der Waals surface area contributed by atoms with Crippen LogP contribution in [0.3, 0.4) is 0 Å². The predicted molar refractivity (Wildman–Crippen MR) is 63.2 cm³/mol. The van der Waals surface area contributed by atoms with Crippen LogP contribution in [0.25, 0.3) is 0 Å². The molecule has 0 spiro atoms. The number of esters is 1. The van der Waals surface area contributed by atoms with Crippen LogP contribution in [0.5, 0.6) is 0 Å². The topological polar surface area (TPSA) is 81.5 Å². The summed E-state index contributed by atoms with van der Waals surface area (Å²) < 4.78 is 18.4. The van der Waals surface area contributed by atoms with E-state index >= 15 is 0 Å². The number of rotatable bonds is 4. The molecular weight excluding hydrogens is 243 g/mol. The standard InChI is InChI=1S/C11H13FN2O4/c1-6(2)13-10-8(14(16)17)5-4-7(9(10)12)11(15)18-3/h4-6,13H,1-3H3. The normalized spacial score (nSPS) is 10.3. The first-order valence-electron chi connectivity index (χ1n) is 5.20. The number of anilines is 1. The summed E-state index contributed by atoms with van der Waals surface area (Å²) in [5.74, 6) is -1.86. The number of ether oxygens (including phenoxy) is 1. The van der Waals surface area contributed by atoms with Crippen LogP contribution in [0.15, 0.2) is 12.1 Å². The first-order valence-corrected chi connectivity index (χ1v) is 5.20. The van der Waals surface area contributed by atoms with Gasteiger partial charge in [-0.15, -0.1) is 0 Å². The molecule has 0 amide bonds. The zero-order valence-electron chi connectivity index (χ0n) is 10.2. The fraction of sp³-hybridized carbons (Fsp3) is 0.364.